The highest BCUT2D eigenvalue weighted by Crippen LogP contribution is 2.24. The van der Waals surface area contributed by atoms with Crippen LogP contribution < -0.4 is 0 Å². The molecule has 0 aliphatic heterocycles. The van der Waals surface area contributed by atoms with E-state index < -0.39 is 11.6 Å². The van der Waals surface area contributed by atoms with Crippen molar-refractivity contribution >= 4 is 11.9 Å². The van der Waals surface area contributed by atoms with Crippen molar-refractivity contribution in [1.29, 1.82) is 0 Å². The molecule has 0 spiro atoms. The van der Waals surface area contributed by atoms with Gasteiger partial charge in [0.2, 0.25) is 0 Å². The summed E-state index contributed by atoms with van der Waals surface area (Å²) in [5.41, 5.74) is 0.104. The van der Waals surface area contributed by atoms with Gasteiger partial charge in [-0.25, -0.2) is 8.78 Å². The van der Waals surface area contributed by atoms with E-state index in [4.69, 9.17) is 4.74 Å². The van der Waals surface area contributed by atoms with Crippen molar-refractivity contribution < 1.29 is 23.1 Å². The van der Waals surface area contributed by atoms with E-state index in [9.17, 15) is 18.4 Å². The Hall–Kier alpha value is -1.98. The zero-order valence-electron chi connectivity index (χ0n) is 14.6. The van der Waals surface area contributed by atoms with E-state index in [0.29, 0.717) is 6.61 Å². The average molecular weight is 353 g/mol. The van der Waals surface area contributed by atoms with Crippen molar-refractivity contribution in [3.05, 3.63) is 35.4 Å². The summed E-state index contributed by atoms with van der Waals surface area (Å²) in [7, 11) is 0. The first-order chi connectivity index (χ1) is 12.0. The first kappa shape index (κ1) is 19.3. The van der Waals surface area contributed by atoms with Crippen molar-refractivity contribution in [3.63, 3.8) is 0 Å². The number of hydrogen-bond acceptors (Lipinski definition) is 3. The predicted molar refractivity (Wildman–Crippen MR) is 90.1 cm³/mol. The summed E-state index contributed by atoms with van der Waals surface area (Å²) in [6.45, 7) is 2.24. The molecule has 1 fully saturated rings. The van der Waals surface area contributed by atoms with E-state index >= 15 is 0 Å². The second kappa shape index (κ2) is 9.49. The van der Waals surface area contributed by atoms with Gasteiger partial charge in [-0.3, -0.25) is 9.59 Å². The fraction of sp³-hybridized carbons (Fsp3) is 0.579. The van der Waals surface area contributed by atoms with Gasteiger partial charge in [0.25, 0.3) is 5.91 Å². The molecule has 0 N–H and O–H groups in total. The van der Waals surface area contributed by atoms with E-state index in [0.717, 1.165) is 50.7 Å². The monoisotopic (exact) mass is 353 g/mol. The second-order valence-corrected chi connectivity index (χ2v) is 6.33. The fourth-order valence-electron chi connectivity index (χ4n) is 3.26. The molecule has 1 aromatic carbocycles. The number of esters is 1. The van der Waals surface area contributed by atoms with Gasteiger partial charge >= 0.3 is 5.97 Å². The molecule has 4 nitrogen and oxygen atoms in total. The topological polar surface area (TPSA) is 46.6 Å². The van der Waals surface area contributed by atoms with Gasteiger partial charge in [-0.1, -0.05) is 25.7 Å². The first-order valence-electron chi connectivity index (χ1n) is 8.94. The van der Waals surface area contributed by atoms with Crippen LogP contribution in [0.4, 0.5) is 8.78 Å². The van der Waals surface area contributed by atoms with Crippen LogP contribution in [0.5, 0.6) is 0 Å². The highest BCUT2D eigenvalue weighted by molar-refractivity contribution is 5.94. The predicted octanol–water partition coefficient (Wildman–Crippen LogP) is 4.08. The maximum atomic E-state index is 13.5. The smallest absolute Gasteiger partial charge is 0.307 e. The average Bonchev–Trinajstić information content (AvgIpc) is 2.87. The van der Waals surface area contributed by atoms with Gasteiger partial charge in [0, 0.05) is 18.2 Å². The second-order valence-electron chi connectivity index (χ2n) is 6.33. The van der Waals surface area contributed by atoms with Gasteiger partial charge in [-0.05, 0) is 38.0 Å². The third kappa shape index (κ3) is 5.51. The summed E-state index contributed by atoms with van der Waals surface area (Å²) < 4.78 is 31.6. The van der Waals surface area contributed by atoms with Crippen LogP contribution in [0.2, 0.25) is 0 Å². The molecular weight excluding hydrogens is 328 g/mol. The number of halogens is 2. The lowest BCUT2D eigenvalue weighted by molar-refractivity contribution is -0.143. The van der Waals surface area contributed by atoms with Crippen LogP contribution in [0.15, 0.2) is 18.2 Å². The van der Waals surface area contributed by atoms with Crippen LogP contribution in [0.25, 0.3) is 0 Å². The minimum Gasteiger partial charge on any atom is -0.466 e. The number of benzene rings is 1. The van der Waals surface area contributed by atoms with Crippen molar-refractivity contribution in [2.45, 2.75) is 57.9 Å². The van der Waals surface area contributed by atoms with Crippen molar-refractivity contribution in [1.82, 2.24) is 4.90 Å². The maximum Gasteiger partial charge on any atom is 0.307 e. The number of amides is 1. The third-order valence-corrected chi connectivity index (χ3v) is 4.56. The molecule has 0 atom stereocenters. The minimum absolute atomic E-state index is 0.0116. The largest absolute Gasteiger partial charge is 0.466 e. The lowest BCUT2D eigenvalue weighted by Gasteiger charge is -2.31. The molecule has 138 valence electrons. The van der Waals surface area contributed by atoms with Crippen LogP contribution in [0.3, 0.4) is 0 Å². The molecule has 6 heteroatoms. The molecule has 1 amide bonds. The van der Waals surface area contributed by atoms with Crippen molar-refractivity contribution in [3.8, 4) is 0 Å². The Kier molecular flexibility index (Phi) is 7.34. The normalized spacial score (nSPS) is 15.5. The number of carbonyl (C=O) groups is 2. The molecule has 0 saturated heterocycles. The quantitative estimate of drug-likeness (QED) is 0.572. The molecule has 0 aromatic heterocycles. The standard InChI is InChI=1S/C19H25F2NO3/c1-2-25-18(23)11-12-22(15-7-5-3-4-6-8-15)19(24)14-9-10-16(20)17(21)13-14/h9-10,13,15H,2-8,11-12H2,1H3. The highest BCUT2D eigenvalue weighted by atomic mass is 19.2. The van der Waals surface area contributed by atoms with E-state index in [1.807, 2.05) is 0 Å². The van der Waals surface area contributed by atoms with Crippen LogP contribution in [0, 0.1) is 11.6 Å². The molecule has 2 rings (SSSR count). The number of hydrogen-bond donors (Lipinski definition) is 0. The summed E-state index contributed by atoms with van der Waals surface area (Å²) >= 11 is 0. The lowest BCUT2D eigenvalue weighted by Crippen LogP contribution is -2.41. The van der Waals surface area contributed by atoms with Gasteiger partial charge in [-0.15, -0.1) is 0 Å². The minimum atomic E-state index is -1.04. The Morgan fingerprint density at radius 3 is 2.40 bits per heavy atom. The molecule has 1 aliphatic rings. The van der Waals surface area contributed by atoms with Crippen molar-refractivity contribution in [2.24, 2.45) is 0 Å². The Bertz CT molecular complexity index is 598. The van der Waals surface area contributed by atoms with E-state index in [1.165, 1.54) is 6.07 Å². The van der Waals surface area contributed by atoms with Gasteiger partial charge in [0.1, 0.15) is 0 Å². The molecule has 1 aliphatic carbocycles. The Balaban J connectivity index is 2.17. The number of ether oxygens (including phenoxy) is 1. The molecule has 0 heterocycles. The summed E-state index contributed by atoms with van der Waals surface area (Å²) in [6, 6.07) is 3.18. The zero-order valence-corrected chi connectivity index (χ0v) is 14.6. The number of carbonyl (C=O) groups excluding carboxylic acids is 2. The van der Waals surface area contributed by atoms with E-state index in [1.54, 1.807) is 11.8 Å². The fourth-order valence-corrected chi connectivity index (χ4v) is 3.26. The van der Waals surface area contributed by atoms with Gasteiger partial charge in [0.15, 0.2) is 11.6 Å². The van der Waals surface area contributed by atoms with Crippen LogP contribution in [-0.4, -0.2) is 36.0 Å². The SMILES string of the molecule is CCOC(=O)CCN(C(=O)c1ccc(F)c(F)c1)C1CCCCCC1. The number of rotatable bonds is 6. The molecule has 0 bridgehead atoms. The Morgan fingerprint density at radius 2 is 1.80 bits per heavy atom. The van der Waals surface area contributed by atoms with E-state index in [-0.39, 0.29) is 36.4 Å². The summed E-state index contributed by atoms with van der Waals surface area (Å²) in [6.07, 6.45) is 6.11. The maximum absolute atomic E-state index is 13.5. The van der Waals surface area contributed by atoms with E-state index in [2.05, 4.69) is 0 Å². The van der Waals surface area contributed by atoms with Crippen LogP contribution >= 0.6 is 0 Å². The van der Waals surface area contributed by atoms with Gasteiger partial charge in [0.05, 0.1) is 13.0 Å². The highest BCUT2D eigenvalue weighted by Gasteiger charge is 2.26. The molecule has 0 radical (unpaired) electrons. The molecule has 25 heavy (non-hydrogen) atoms. The molecule has 1 aromatic rings. The first-order valence-corrected chi connectivity index (χ1v) is 8.94. The van der Waals surface area contributed by atoms with Crippen LogP contribution in [0.1, 0.15) is 62.2 Å². The summed E-state index contributed by atoms with van der Waals surface area (Å²) in [4.78, 5) is 26.2. The van der Waals surface area contributed by atoms with Gasteiger partial charge in [-0.2, -0.15) is 0 Å². The Morgan fingerprint density at radius 1 is 1.12 bits per heavy atom. The number of nitrogens with zero attached hydrogens (tertiary/aromatic N) is 1. The summed E-state index contributed by atoms with van der Waals surface area (Å²) in [5.74, 6) is -2.75. The van der Waals surface area contributed by atoms with Crippen molar-refractivity contribution in [2.75, 3.05) is 13.2 Å². The molecule has 1 saturated carbocycles. The molecular formula is C19H25F2NO3. The Labute approximate surface area is 147 Å². The third-order valence-electron chi connectivity index (χ3n) is 4.56. The summed E-state index contributed by atoms with van der Waals surface area (Å²) in [5, 5.41) is 0. The lowest BCUT2D eigenvalue weighted by atomic mass is 10.0. The molecule has 0 unspecified atom stereocenters. The van der Waals surface area contributed by atoms with Crippen LogP contribution in [-0.2, 0) is 9.53 Å². The van der Waals surface area contributed by atoms with Gasteiger partial charge < -0.3 is 9.64 Å². The zero-order chi connectivity index (χ0) is 18.2.